The highest BCUT2D eigenvalue weighted by molar-refractivity contribution is 7.98. The van der Waals surface area contributed by atoms with E-state index in [0.717, 1.165) is 12.8 Å². The molecule has 0 aliphatic rings. The van der Waals surface area contributed by atoms with Gasteiger partial charge in [-0.05, 0) is 63.0 Å². The van der Waals surface area contributed by atoms with E-state index in [0.29, 0.717) is 24.5 Å². The maximum absolute atomic E-state index is 12.6. The normalized spacial score (nSPS) is 12.8. The molecule has 26 heavy (non-hydrogen) atoms. The van der Waals surface area contributed by atoms with Gasteiger partial charge in [0.15, 0.2) is 0 Å². The zero-order chi connectivity index (χ0) is 19.6. The van der Waals surface area contributed by atoms with Crippen molar-refractivity contribution in [3.8, 4) is 5.75 Å². The van der Waals surface area contributed by atoms with Crippen LogP contribution in [-0.4, -0.2) is 45.1 Å². The number of hydrogen-bond acceptors (Lipinski definition) is 6. The van der Waals surface area contributed by atoms with Crippen LogP contribution in [0.15, 0.2) is 29.2 Å². The van der Waals surface area contributed by atoms with Gasteiger partial charge >= 0.3 is 5.97 Å². The third-order valence-corrected chi connectivity index (χ3v) is 5.58. The number of nitrogens with one attached hydrogen (secondary N) is 1. The number of benzene rings is 1. The first-order valence-electron chi connectivity index (χ1n) is 8.74. The molecule has 0 heterocycles. The summed E-state index contributed by atoms with van der Waals surface area (Å²) >= 11 is 1.54. The Kier molecular flexibility index (Phi) is 10.0. The van der Waals surface area contributed by atoms with Crippen molar-refractivity contribution >= 4 is 27.8 Å². The Balaban J connectivity index is 2.83. The van der Waals surface area contributed by atoms with Crippen molar-refractivity contribution in [1.82, 2.24) is 4.72 Å². The second-order valence-corrected chi connectivity index (χ2v) is 8.81. The second-order valence-electron chi connectivity index (χ2n) is 6.11. The maximum atomic E-state index is 12.6. The predicted molar refractivity (Wildman–Crippen MR) is 105 cm³/mol. The van der Waals surface area contributed by atoms with E-state index in [1.54, 1.807) is 37.7 Å². The van der Waals surface area contributed by atoms with Crippen LogP contribution in [0.5, 0.6) is 5.75 Å². The number of hydrogen-bond donors (Lipinski definition) is 1. The van der Waals surface area contributed by atoms with Crippen LogP contribution in [-0.2, 0) is 19.6 Å². The lowest BCUT2D eigenvalue weighted by molar-refractivity contribution is -0.149. The van der Waals surface area contributed by atoms with Crippen molar-refractivity contribution < 1.29 is 22.7 Å². The van der Waals surface area contributed by atoms with Gasteiger partial charge in [0.1, 0.15) is 11.8 Å². The molecule has 1 aromatic carbocycles. The van der Waals surface area contributed by atoms with E-state index in [1.807, 2.05) is 6.26 Å². The van der Waals surface area contributed by atoms with E-state index < -0.39 is 22.0 Å². The molecule has 0 aliphatic carbocycles. The molecule has 0 spiro atoms. The fraction of sp³-hybridized carbons (Fsp3) is 0.611. The maximum Gasteiger partial charge on any atom is 0.324 e. The molecule has 1 rings (SSSR count). The Morgan fingerprint density at radius 2 is 1.88 bits per heavy atom. The summed E-state index contributed by atoms with van der Waals surface area (Å²) in [6, 6.07) is 5.28. The third-order valence-electron chi connectivity index (χ3n) is 3.45. The van der Waals surface area contributed by atoms with Crippen molar-refractivity contribution in [2.24, 2.45) is 0 Å². The molecule has 8 heteroatoms. The highest BCUT2D eigenvalue weighted by Gasteiger charge is 2.27. The highest BCUT2D eigenvalue weighted by atomic mass is 32.2. The average molecular weight is 404 g/mol. The summed E-state index contributed by atoms with van der Waals surface area (Å²) in [6.45, 7) is 6.13. The number of sulfonamides is 1. The standard InChI is InChI=1S/C18H29NO5S2/c1-5-6-12-23-15-7-9-16(10-8-15)26(21,22)19-17(11-13-25-4)18(20)24-14(2)3/h7-10,14,17,19H,5-6,11-13H2,1-4H3. The van der Waals surface area contributed by atoms with Gasteiger partial charge in [0.05, 0.1) is 17.6 Å². The summed E-state index contributed by atoms with van der Waals surface area (Å²) in [4.78, 5) is 12.3. The Labute approximate surface area is 161 Å². The van der Waals surface area contributed by atoms with Crippen LogP contribution >= 0.6 is 11.8 Å². The molecule has 1 aromatic rings. The number of unbranched alkanes of at least 4 members (excludes halogenated alkanes) is 1. The molecule has 1 N–H and O–H groups in total. The van der Waals surface area contributed by atoms with Crippen LogP contribution in [0, 0.1) is 0 Å². The van der Waals surface area contributed by atoms with Crippen LogP contribution in [0.1, 0.15) is 40.0 Å². The summed E-state index contributed by atoms with van der Waals surface area (Å²) < 4.78 is 38.4. The van der Waals surface area contributed by atoms with E-state index in [1.165, 1.54) is 12.1 Å². The van der Waals surface area contributed by atoms with Crippen molar-refractivity contribution in [3.63, 3.8) is 0 Å². The summed E-state index contributed by atoms with van der Waals surface area (Å²) in [7, 11) is -3.83. The van der Waals surface area contributed by atoms with E-state index in [9.17, 15) is 13.2 Å². The van der Waals surface area contributed by atoms with Gasteiger partial charge in [-0.15, -0.1) is 0 Å². The average Bonchev–Trinajstić information content (AvgIpc) is 2.58. The molecule has 0 amide bonds. The van der Waals surface area contributed by atoms with E-state index in [2.05, 4.69) is 11.6 Å². The Morgan fingerprint density at radius 3 is 2.42 bits per heavy atom. The Morgan fingerprint density at radius 1 is 1.23 bits per heavy atom. The van der Waals surface area contributed by atoms with Crippen molar-refractivity contribution in [1.29, 1.82) is 0 Å². The van der Waals surface area contributed by atoms with Crippen LogP contribution in [0.25, 0.3) is 0 Å². The van der Waals surface area contributed by atoms with Crippen molar-refractivity contribution in [2.75, 3.05) is 18.6 Å². The second kappa shape index (κ2) is 11.5. The minimum atomic E-state index is -3.83. The molecule has 6 nitrogen and oxygen atoms in total. The van der Waals surface area contributed by atoms with Crippen molar-refractivity contribution in [3.05, 3.63) is 24.3 Å². The molecule has 1 atom stereocenters. The van der Waals surface area contributed by atoms with Crippen LogP contribution in [0.3, 0.4) is 0 Å². The van der Waals surface area contributed by atoms with Crippen molar-refractivity contribution in [2.45, 2.75) is 57.1 Å². The molecule has 0 radical (unpaired) electrons. The first kappa shape index (κ1) is 22.8. The van der Waals surface area contributed by atoms with Gasteiger partial charge in [0.25, 0.3) is 0 Å². The quantitative estimate of drug-likeness (QED) is 0.426. The number of carbonyl (C=O) groups is 1. The SMILES string of the molecule is CCCCOc1ccc(S(=O)(=O)NC(CCSC)C(=O)OC(C)C)cc1. The number of thioether (sulfide) groups is 1. The number of rotatable bonds is 12. The van der Waals surface area contributed by atoms with Gasteiger partial charge in [-0.3, -0.25) is 4.79 Å². The molecule has 0 saturated carbocycles. The lowest BCUT2D eigenvalue weighted by atomic mass is 10.2. The monoisotopic (exact) mass is 403 g/mol. The molecule has 0 fully saturated rings. The first-order valence-corrected chi connectivity index (χ1v) is 11.6. The van der Waals surface area contributed by atoms with E-state index in [4.69, 9.17) is 9.47 Å². The molecule has 148 valence electrons. The third kappa shape index (κ3) is 7.97. The number of ether oxygens (including phenoxy) is 2. The van der Waals surface area contributed by atoms with Gasteiger partial charge < -0.3 is 9.47 Å². The number of carbonyl (C=O) groups excluding carboxylic acids is 1. The Bertz CT molecular complexity index is 644. The van der Waals surface area contributed by atoms with Gasteiger partial charge in [-0.1, -0.05) is 13.3 Å². The van der Waals surface area contributed by atoms with E-state index >= 15 is 0 Å². The van der Waals surface area contributed by atoms with Gasteiger partial charge in [0.2, 0.25) is 10.0 Å². The minimum absolute atomic E-state index is 0.0897. The van der Waals surface area contributed by atoms with Gasteiger partial charge in [-0.2, -0.15) is 16.5 Å². The smallest absolute Gasteiger partial charge is 0.324 e. The summed E-state index contributed by atoms with van der Waals surface area (Å²) in [5, 5.41) is 0. The van der Waals surface area contributed by atoms with E-state index in [-0.39, 0.29) is 11.0 Å². The van der Waals surface area contributed by atoms with Gasteiger partial charge in [0, 0.05) is 0 Å². The summed E-state index contributed by atoms with van der Waals surface area (Å²) in [6.07, 6.45) is 3.93. The Hall–Kier alpha value is -1.25. The highest BCUT2D eigenvalue weighted by Crippen LogP contribution is 2.17. The predicted octanol–water partition coefficient (Wildman–Crippen LogP) is 3.22. The van der Waals surface area contributed by atoms with Crippen LogP contribution < -0.4 is 9.46 Å². The zero-order valence-electron chi connectivity index (χ0n) is 15.9. The fourth-order valence-electron chi connectivity index (χ4n) is 2.08. The largest absolute Gasteiger partial charge is 0.494 e. The molecule has 0 aromatic heterocycles. The summed E-state index contributed by atoms with van der Waals surface area (Å²) in [5.41, 5.74) is 0. The van der Waals surface area contributed by atoms with Gasteiger partial charge in [-0.25, -0.2) is 8.42 Å². The molecular formula is C18H29NO5S2. The molecule has 0 saturated heterocycles. The molecular weight excluding hydrogens is 374 g/mol. The van der Waals surface area contributed by atoms with Crippen LogP contribution in [0.4, 0.5) is 0 Å². The first-order chi connectivity index (χ1) is 12.3. The summed E-state index contributed by atoms with van der Waals surface area (Å²) in [5.74, 6) is 0.706. The molecule has 1 unspecified atom stereocenters. The lowest BCUT2D eigenvalue weighted by Gasteiger charge is -2.19. The molecule has 0 aliphatic heterocycles. The minimum Gasteiger partial charge on any atom is -0.494 e. The number of esters is 1. The van der Waals surface area contributed by atoms with Crippen LogP contribution in [0.2, 0.25) is 0 Å². The topological polar surface area (TPSA) is 81.7 Å². The fourth-order valence-corrected chi connectivity index (χ4v) is 3.77. The zero-order valence-corrected chi connectivity index (χ0v) is 17.5. The lowest BCUT2D eigenvalue weighted by Crippen LogP contribution is -2.42. The molecule has 0 bridgehead atoms.